The normalized spacial score (nSPS) is 10.2. The Bertz CT molecular complexity index is 267. The Morgan fingerprint density at radius 3 is 2.92 bits per heavy atom. The lowest BCUT2D eigenvalue weighted by molar-refractivity contribution is 0.0981. The average molecular weight is 183 g/mol. The lowest BCUT2D eigenvalue weighted by Gasteiger charge is -1.94. The van der Waals surface area contributed by atoms with Crippen molar-refractivity contribution in [1.82, 2.24) is 0 Å². The molecule has 0 amide bonds. The van der Waals surface area contributed by atoms with Crippen LogP contribution in [0.4, 0.5) is 0 Å². The van der Waals surface area contributed by atoms with Gasteiger partial charge in [-0.05, 0) is 26.0 Å². The fourth-order valence-corrected chi connectivity index (χ4v) is 1.70. The molecular weight excluding hydrogens is 170 g/mol. The number of hydrogen-bond donors (Lipinski definition) is 1. The molecule has 1 aromatic heterocycles. The van der Waals surface area contributed by atoms with Gasteiger partial charge in [0.25, 0.3) is 0 Å². The molecular formula is C9H13NOS. The summed E-state index contributed by atoms with van der Waals surface area (Å²) in [4.78, 5) is 12.6. The molecule has 0 radical (unpaired) electrons. The fourth-order valence-electron chi connectivity index (χ4n) is 0.997. The maximum Gasteiger partial charge on any atom is 0.163 e. The Hall–Kier alpha value is -0.670. The van der Waals surface area contributed by atoms with Crippen molar-refractivity contribution in [2.75, 3.05) is 6.54 Å². The molecule has 0 unspecified atom stereocenters. The molecule has 0 saturated carbocycles. The van der Waals surface area contributed by atoms with Crippen molar-refractivity contribution in [3.63, 3.8) is 0 Å². The van der Waals surface area contributed by atoms with Crippen molar-refractivity contribution in [2.45, 2.75) is 19.8 Å². The third-order valence-electron chi connectivity index (χ3n) is 1.66. The summed E-state index contributed by atoms with van der Waals surface area (Å²) in [5.74, 6) is 0.213. The highest BCUT2D eigenvalue weighted by atomic mass is 32.1. The van der Waals surface area contributed by atoms with Crippen LogP contribution in [0.3, 0.4) is 0 Å². The second kappa shape index (κ2) is 4.38. The smallest absolute Gasteiger partial charge is 0.163 e. The second-order valence-corrected chi connectivity index (χ2v) is 3.88. The summed E-state index contributed by atoms with van der Waals surface area (Å²) in [5.41, 5.74) is 6.15. The Kier molecular flexibility index (Phi) is 3.44. The van der Waals surface area contributed by atoms with Gasteiger partial charge in [0.2, 0.25) is 0 Å². The molecule has 0 aliphatic heterocycles. The first kappa shape index (κ1) is 9.42. The van der Waals surface area contributed by atoms with E-state index in [1.54, 1.807) is 11.3 Å². The van der Waals surface area contributed by atoms with Crippen LogP contribution in [0.25, 0.3) is 0 Å². The first-order chi connectivity index (χ1) is 5.74. The zero-order valence-electron chi connectivity index (χ0n) is 7.17. The van der Waals surface area contributed by atoms with E-state index in [4.69, 9.17) is 5.73 Å². The Labute approximate surface area is 76.4 Å². The zero-order chi connectivity index (χ0) is 8.97. The lowest BCUT2D eigenvalue weighted by atomic mass is 10.1. The van der Waals surface area contributed by atoms with E-state index in [-0.39, 0.29) is 5.78 Å². The molecule has 0 fully saturated rings. The molecule has 0 spiro atoms. The number of aryl methyl sites for hydroxylation is 1. The summed E-state index contributed by atoms with van der Waals surface area (Å²) in [6.07, 6.45) is 1.36. The summed E-state index contributed by atoms with van der Waals surface area (Å²) in [6, 6.07) is 1.93. The maximum atomic E-state index is 11.4. The highest BCUT2D eigenvalue weighted by molar-refractivity contribution is 7.10. The molecule has 0 aliphatic rings. The van der Waals surface area contributed by atoms with Gasteiger partial charge in [-0.15, -0.1) is 11.3 Å². The van der Waals surface area contributed by atoms with Crippen LogP contribution < -0.4 is 5.73 Å². The van der Waals surface area contributed by atoms with Crippen molar-refractivity contribution in [3.05, 3.63) is 21.9 Å². The third kappa shape index (κ3) is 2.43. The molecule has 1 aromatic rings. The molecule has 0 bridgehead atoms. The Morgan fingerprint density at radius 1 is 1.67 bits per heavy atom. The molecule has 2 N–H and O–H groups in total. The van der Waals surface area contributed by atoms with Crippen molar-refractivity contribution in [3.8, 4) is 0 Å². The number of carbonyl (C=O) groups excluding carboxylic acids is 1. The molecule has 3 heteroatoms. The molecule has 0 aromatic carbocycles. The van der Waals surface area contributed by atoms with Crippen LogP contribution in [0.1, 0.15) is 28.1 Å². The second-order valence-electron chi connectivity index (χ2n) is 2.76. The fraction of sp³-hybridized carbons (Fsp3) is 0.444. The Balaban J connectivity index is 2.53. The number of hydrogen-bond acceptors (Lipinski definition) is 3. The van der Waals surface area contributed by atoms with Crippen LogP contribution in [0.5, 0.6) is 0 Å². The van der Waals surface area contributed by atoms with Gasteiger partial charge in [0, 0.05) is 22.2 Å². The van der Waals surface area contributed by atoms with Crippen molar-refractivity contribution in [1.29, 1.82) is 0 Å². The van der Waals surface area contributed by atoms with Crippen LogP contribution in [0.2, 0.25) is 0 Å². The predicted molar refractivity (Wildman–Crippen MR) is 51.7 cm³/mol. The number of rotatable bonds is 4. The monoisotopic (exact) mass is 183 g/mol. The van der Waals surface area contributed by atoms with Gasteiger partial charge < -0.3 is 5.73 Å². The molecule has 0 atom stereocenters. The molecule has 0 saturated heterocycles. The number of carbonyl (C=O) groups is 1. The van der Waals surface area contributed by atoms with E-state index in [0.29, 0.717) is 13.0 Å². The molecule has 12 heavy (non-hydrogen) atoms. The minimum Gasteiger partial charge on any atom is -0.330 e. The van der Waals surface area contributed by atoms with E-state index >= 15 is 0 Å². The minimum absolute atomic E-state index is 0.213. The van der Waals surface area contributed by atoms with Gasteiger partial charge in [-0.1, -0.05) is 0 Å². The standard InChI is InChI=1S/C9H13NOS/c1-7-5-8(6-12-7)9(11)3-2-4-10/h5-6H,2-4,10H2,1H3. The highest BCUT2D eigenvalue weighted by Gasteiger charge is 2.05. The number of thiophene rings is 1. The van der Waals surface area contributed by atoms with Gasteiger partial charge >= 0.3 is 0 Å². The van der Waals surface area contributed by atoms with Gasteiger partial charge in [-0.3, -0.25) is 4.79 Å². The number of ketones is 1. The topological polar surface area (TPSA) is 43.1 Å². The van der Waals surface area contributed by atoms with Gasteiger partial charge in [0.05, 0.1) is 0 Å². The molecule has 1 rings (SSSR count). The SMILES string of the molecule is Cc1cc(C(=O)CCCN)cs1. The summed E-state index contributed by atoms with van der Waals surface area (Å²) >= 11 is 1.61. The van der Waals surface area contributed by atoms with Crippen molar-refractivity contribution in [2.24, 2.45) is 5.73 Å². The van der Waals surface area contributed by atoms with Crippen molar-refractivity contribution >= 4 is 17.1 Å². The van der Waals surface area contributed by atoms with Crippen molar-refractivity contribution < 1.29 is 4.79 Å². The van der Waals surface area contributed by atoms with Crippen LogP contribution in [-0.2, 0) is 0 Å². The van der Waals surface area contributed by atoms with E-state index in [1.165, 1.54) is 4.88 Å². The van der Waals surface area contributed by atoms with Gasteiger partial charge in [0.1, 0.15) is 0 Å². The summed E-state index contributed by atoms with van der Waals surface area (Å²) in [7, 11) is 0. The lowest BCUT2D eigenvalue weighted by Crippen LogP contribution is -2.03. The highest BCUT2D eigenvalue weighted by Crippen LogP contribution is 2.15. The quantitative estimate of drug-likeness (QED) is 0.725. The summed E-state index contributed by atoms with van der Waals surface area (Å²) < 4.78 is 0. The van der Waals surface area contributed by atoms with Crippen LogP contribution >= 0.6 is 11.3 Å². The van der Waals surface area contributed by atoms with Gasteiger partial charge in [-0.2, -0.15) is 0 Å². The maximum absolute atomic E-state index is 11.4. The van der Waals surface area contributed by atoms with Crippen LogP contribution in [0, 0.1) is 6.92 Å². The van der Waals surface area contributed by atoms with E-state index in [9.17, 15) is 4.79 Å². The largest absolute Gasteiger partial charge is 0.330 e. The predicted octanol–water partition coefficient (Wildman–Crippen LogP) is 1.98. The molecule has 0 aliphatic carbocycles. The van der Waals surface area contributed by atoms with Crippen LogP contribution in [0.15, 0.2) is 11.4 Å². The molecule has 2 nitrogen and oxygen atoms in total. The van der Waals surface area contributed by atoms with E-state index in [1.807, 2.05) is 18.4 Å². The molecule has 66 valence electrons. The van der Waals surface area contributed by atoms with Crippen LogP contribution in [-0.4, -0.2) is 12.3 Å². The van der Waals surface area contributed by atoms with E-state index in [0.717, 1.165) is 12.0 Å². The third-order valence-corrected chi connectivity index (χ3v) is 2.52. The van der Waals surface area contributed by atoms with E-state index in [2.05, 4.69) is 0 Å². The van der Waals surface area contributed by atoms with E-state index < -0.39 is 0 Å². The first-order valence-corrected chi connectivity index (χ1v) is 4.90. The van der Waals surface area contributed by atoms with Gasteiger partial charge in [0.15, 0.2) is 5.78 Å². The molecule has 1 heterocycles. The van der Waals surface area contributed by atoms with Gasteiger partial charge in [-0.25, -0.2) is 0 Å². The number of Topliss-reactive ketones (excluding diaryl/α,β-unsaturated/α-hetero) is 1. The zero-order valence-corrected chi connectivity index (χ0v) is 7.99. The summed E-state index contributed by atoms with van der Waals surface area (Å²) in [5, 5.41) is 1.91. The minimum atomic E-state index is 0.213. The summed E-state index contributed by atoms with van der Waals surface area (Å²) in [6.45, 7) is 2.60. The Morgan fingerprint density at radius 2 is 2.42 bits per heavy atom. The average Bonchev–Trinajstić information content (AvgIpc) is 2.47. The first-order valence-electron chi connectivity index (χ1n) is 4.02. The number of nitrogens with two attached hydrogens (primary N) is 1.